The number of benzene rings is 1. The van der Waals surface area contributed by atoms with Crippen molar-refractivity contribution >= 4 is 5.91 Å². The van der Waals surface area contributed by atoms with E-state index < -0.39 is 5.54 Å². The normalized spacial score (nSPS) is 20.8. The fraction of sp³-hybridized carbons (Fsp3) is 0.562. The van der Waals surface area contributed by atoms with Crippen LogP contribution < -0.4 is 11.1 Å². The third kappa shape index (κ3) is 3.16. The molecule has 1 saturated carbocycles. The highest BCUT2D eigenvalue weighted by molar-refractivity contribution is 5.86. The van der Waals surface area contributed by atoms with Gasteiger partial charge in [0.05, 0.1) is 5.54 Å². The summed E-state index contributed by atoms with van der Waals surface area (Å²) >= 11 is 0. The van der Waals surface area contributed by atoms with Gasteiger partial charge in [0.15, 0.2) is 0 Å². The molecule has 3 N–H and O–H groups in total. The molecular weight excluding hydrogens is 236 g/mol. The number of carbonyl (C=O) groups is 1. The highest BCUT2D eigenvalue weighted by Gasteiger charge is 2.37. The molecule has 0 bridgehead atoms. The molecule has 0 heterocycles. The van der Waals surface area contributed by atoms with E-state index in [0.29, 0.717) is 0 Å². The van der Waals surface area contributed by atoms with E-state index in [1.807, 2.05) is 25.1 Å². The second-order valence-corrected chi connectivity index (χ2v) is 5.82. The van der Waals surface area contributed by atoms with Crippen molar-refractivity contribution in [3.63, 3.8) is 0 Å². The second-order valence-electron chi connectivity index (χ2n) is 5.82. The van der Waals surface area contributed by atoms with Gasteiger partial charge >= 0.3 is 0 Å². The summed E-state index contributed by atoms with van der Waals surface area (Å²) in [5, 5.41) is 3.10. The zero-order chi connectivity index (χ0) is 13.9. The topological polar surface area (TPSA) is 55.1 Å². The molecule has 1 amide bonds. The lowest BCUT2D eigenvalue weighted by molar-refractivity contribution is -0.126. The molecule has 104 valence electrons. The zero-order valence-electron chi connectivity index (χ0n) is 11.9. The SMILES string of the molecule is CC(NC(=O)C1(N)CCCC1)C(C)c1ccccc1. The summed E-state index contributed by atoms with van der Waals surface area (Å²) in [7, 11) is 0. The standard InChI is InChI=1S/C16H24N2O/c1-12(14-8-4-3-5-9-14)13(2)18-15(19)16(17)10-6-7-11-16/h3-5,8-9,12-13H,6-7,10-11,17H2,1-2H3,(H,18,19). The van der Waals surface area contributed by atoms with E-state index in [0.717, 1.165) is 25.7 Å². The van der Waals surface area contributed by atoms with Gasteiger partial charge in [0.1, 0.15) is 0 Å². The first kappa shape index (κ1) is 14.1. The van der Waals surface area contributed by atoms with Crippen LogP contribution in [0.15, 0.2) is 30.3 Å². The molecule has 19 heavy (non-hydrogen) atoms. The van der Waals surface area contributed by atoms with Crippen LogP contribution in [-0.2, 0) is 4.79 Å². The maximum absolute atomic E-state index is 12.3. The van der Waals surface area contributed by atoms with Crippen LogP contribution in [0.3, 0.4) is 0 Å². The average molecular weight is 260 g/mol. The average Bonchev–Trinajstić information content (AvgIpc) is 2.87. The molecule has 0 aliphatic heterocycles. The molecule has 0 aromatic heterocycles. The number of hydrogen-bond donors (Lipinski definition) is 2. The number of carbonyl (C=O) groups excluding carboxylic acids is 1. The first-order valence-electron chi connectivity index (χ1n) is 7.18. The number of nitrogens with two attached hydrogens (primary N) is 1. The van der Waals surface area contributed by atoms with Crippen LogP contribution >= 0.6 is 0 Å². The predicted octanol–water partition coefficient (Wildman–Crippen LogP) is 2.57. The van der Waals surface area contributed by atoms with E-state index in [1.54, 1.807) is 0 Å². The molecule has 1 aliphatic carbocycles. The fourth-order valence-electron chi connectivity index (χ4n) is 2.75. The van der Waals surface area contributed by atoms with Gasteiger partial charge in [0.2, 0.25) is 5.91 Å². The van der Waals surface area contributed by atoms with Crippen molar-refractivity contribution in [3.8, 4) is 0 Å². The first-order valence-corrected chi connectivity index (χ1v) is 7.18. The Morgan fingerprint density at radius 3 is 2.37 bits per heavy atom. The van der Waals surface area contributed by atoms with Gasteiger partial charge in [0.25, 0.3) is 0 Å². The molecule has 0 radical (unpaired) electrons. The van der Waals surface area contributed by atoms with Crippen LogP contribution in [0.25, 0.3) is 0 Å². The minimum Gasteiger partial charge on any atom is -0.351 e. The summed E-state index contributed by atoms with van der Waals surface area (Å²) in [6.45, 7) is 4.19. The summed E-state index contributed by atoms with van der Waals surface area (Å²) in [5.74, 6) is 0.301. The van der Waals surface area contributed by atoms with E-state index in [2.05, 4.69) is 24.4 Å². The Hall–Kier alpha value is -1.35. The van der Waals surface area contributed by atoms with Gasteiger partial charge in [-0.25, -0.2) is 0 Å². The molecule has 0 spiro atoms. The van der Waals surface area contributed by atoms with Gasteiger partial charge in [-0.2, -0.15) is 0 Å². The lowest BCUT2D eigenvalue weighted by Crippen LogP contribution is -2.54. The van der Waals surface area contributed by atoms with Crippen molar-refractivity contribution in [1.82, 2.24) is 5.32 Å². The zero-order valence-corrected chi connectivity index (χ0v) is 11.9. The minimum atomic E-state index is -0.634. The molecular formula is C16H24N2O. The quantitative estimate of drug-likeness (QED) is 0.874. The third-order valence-electron chi connectivity index (χ3n) is 4.38. The van der Waals surface area contributed by atoms with Gasteiger partial charge in [-0.1, -0.05) is 50.1 Å². The summed E-state index contributed by atoms with van der Waals surface area (Å²) in [6, 6.07) is 10.4. The van der Waals surface area contributed by atoms with Crippen molar-refractivity contribution in [2.75, 3.05) is 0 Å². The van der Waals surface area contributed by atoms with Gasteiger partial charge < -0.3 is 11.1 Å². The number of amides is 1. The molecule has 1 aromatic carbocycles. The van der Waals surface area contributed by atoms with E-state index in [-0.39, 0.29) is 17.9 Å². The summed E-state index contributed by atoms with van der Waals surface area (Å²) in [4.78, 5) is 12.3. The molecule has 2 rings (SSSR count). The van der Waals surface area contributed by atoms with Crippen molar-refractivity contribution < 1.29 is 4.79 Å². The van der Waals surface area contributed by atoms with E-state index in [9.17, 15) is 4.79 Å². The van der Waals surface area contributed by atoms with Gasteiger partial charge in [-0.05, 0) is 25.3 Å². The summed E-state index contributed by atoms with van der Waals surface area (Å²) in [5.41, 5.74) is 6.79. The van der Waals surface area contributed by atoms with E-state index >= 15 is 0 Å². The van der Waals surface area contributed by atoms with E-state index in [4.69, 9.17) is 5.73 Å². The summed E-state index contributed by atoms with van der Waals surface area (Å²) in [6.07, 6.45) is 3.75. The van der Waals surface area contributed by atoms with Crippen LogP contribution in [0.5, 0.6) is 0 Å². The number of rotatable bonds is 4. The Morgan fingerprint density at radius 1 is 1.21 bits per heavy atom. The number of hydrogen-bond acceptors (Lipinski definition) is 2. The Bertz CT molecular complexity index is 424. The molecule has 3 heteroatoms. The molecule has 1 aromatic rings. The largest absolute Gasteiger partial charge is 0.351 e. The van der Waals surface area contributed by atoms with Gasteiger partial charge in [-0.15, -0.1) is 0 Å². The highest BCUT2D eigenvalue weighted by atomic mass is 16.2. The van der Waals surface area contributed by atoms with Gasteiger partial charge in [0, 0.05) is 12.0 Å². The Balaban J connectivity index is 1.97. The van der Waals surface area contributed by atoms with Crippen LogP contribution in [0, 0.1) is 0 Å². The molecule has 1 fully saturated rings. The monoisotopic (exact) mass is 260 g/mol. The van der Waals surface area contributed by atoms with Crippen molar-refractivity contribution in [1.29, 1.82) is 0 Å². The van der Waals surface area contributed by atoms with Gasteiger partial charge in [-0.3, -0.25) is 4.79 Å². The lowest BCUT2D eigenvalue weighted by atomic mass is 9.92. The van der Waals surface area contributed by atoms with Crippen molar-refractivity contribution in [2.24, 2.45) is 5.73 Å². The van der Waals surface area contributed by atoms with Crippen LogP contribution in [-0.4, -0.2) is 17.5 Å². The number of nitrogens with one attached hydrogen (secondary N) is 1. The minimum absolute atomic E-state index is 0.0141. The predicted molar refractivity (Wildman–Crippen MR) is 77.8 cm³/mol. The first-order chi connectivity index (χ1) is 9.03. The smallest absolute Gasteiger partial charge is 0.240 e. The maximum Gasteiger partial charge on any atom is 0.240 e. The Kier molecular flexibility index (Phi) is 4.25. The Morgan fingerprint density at radius 2 is 1.79 bits per heavy atom. The molecule has 0 saturated heterocycles. The van der Waals surface area contributed by atoms with Crippen molar-refractivity contribution in [2.45, 2.75) is 57.0 Å². The fourth-order valence-corrected chi connectivity index (χ4v) is 2.75. The third-order valence-corrected chi connectivity index (χ3v) is 4.38. The molecule has 3 nitrogen and oxygen atoms in total. The van der Waals surface area contributed by atoms with Crippen LogP contribution in [0.2, 0.25) is 0 Å². The lowest BCUT2D eigenvalue weighted by Gasteiger charge is -2.28. The Labute approximate surface area is 115 Å². The highest BCUT2D eigenvalue weighted by Crippen LogP contribution is 2.28. The van der Waals surface area contributed by atoms with Crippen LogP contribution in [0.1, 0.15) is 51.0 Å². The second kappa shape index (κ2) is 5.74. The maximum atomic E-state index is 12.3. The van der Waals surface area contributed by atoms with Crippen LogP contribution in [0.4, 0.5) is 0 Å². The molecule has 1 aliphatic rings. The summed E-state index contributed by atoms with van der Waals surface area (Å²) < 4.78 is 0. The molecule has 2 unspecified atom stereocenters. The van der Waals surface area contributed by atoms with E-state index in [1.165, 1.54) is 5.56 Å². The van der Waals surface area contributed by atoms with Crippen molar-refractivity contribution in [3.05, 3.63) is 35.9 Å². The molecule has 2 atom stereocenters.